The minimum atomic E-state index is -2.46. The third-order valence-corrected chi connectivity index (χ3v) is 2.49. The number of aromatic carboxylic acids is 1. The van der Waals surface area contributed by atoms with Crippen LogP contribution in [-0.2, 0) is 11.1 Å². The first-order valence-electron chi connectivity index (χ1n) is 3.12. The Hall–Kier alpha value is 1.09. The van der Waals surface area contributed by atoms with Crippen molar-refractivity contribution in [2.75, 3.05) is 0 Å². The van der Waals surface area contributed by atoms with Crippen molar-refractivity contribution in [2.45, 2.75) is 4.90 Å². The van der Waals surface area contributed by atoms with Crippen molar-refractivity contribution in [3.05, 3.63) is 28.8 Å². The average Bonchev–Trinajstić information content (AvgIpc) is 2.03. The zero-order chi connectivity index (χ0) is 10.0. The van der Waals surface area contributed by atoms with Gasteiger partial charge in [-0.05, 0) is 28.8 Å². The molecule has 1 aromatic rings. The molecule has 0 bridgehead atoms. The maximum atomic E-state index is 10.5. The SMILES string of the molecule is O=C([O-])c1ccc(S(=O)[O-])c(Cl)c1.[Na+].[Na+]. The van der Waals surface area contributed by atoms with E-state index in [9.17, 15) is 18.7 Å². The summed E-state index contributed by atoms with van der Waals surface area (Å²) in [6, 6.07) is 3.25. The van der Waals surface area contributed by atoms with Crippen molar-refractivity contribution in [1.29, 1.82) is 0 Å². The minimum Gasteiger partial charge on any atom is -0.768 e. The Morgan fingerprint density at radius 2 is 1.87 bits per heavy atom. The molecule has 0 aromatic heterocycles. The fourth-order valence-corrected chi connectivity index (χ4v) is 1.53. The van der Waals surface area contributed by atoms with Gasteiger partial charge in [0.1, 0.15) is 0 Å². The molecule has 0 saturated carbocycles. The van der Waals surface area contributed by atoms with Gasteiger partial charge in [-0.2, -0.15) is 0 Å². The number of carbonyl (C=O) groups is 1. The van der Waals surface area contributed by atoms with Crippen LogP contribution < -0.4 is 64.2 Å². The number of benzene rings is 1. The molecule has 0 saturated heterocycles. The summed E-state index contributed by atoms with van der Waals surface area (Å²) in [5.41, 5.74) is -0.154. The molecule has 0 spiro atoms. The first-order valence-corrected chi connectivity index (χ1v) is 4.58. The summed E-state index contributed by atoms with van der Waals surface area (Å²) in [5, 5.41) is 10.2. The van der Waals surface area contributed by atoms with E-state index in [1.807, 2.05) is 0 Å². The maximum absolute atomic E-state index is 10.5. The maximum Gasteiger partial charge on any atom is 1.00 e. The minimum absolute atomic E-state index is 0. The largest absolute Gasteiger partial charge is 1.00 e. The molecule has 0 aliphatic rings. The van der Waals surface area contributed by atoms with Gasteiger partial charge < -0.3 is 14.5 Å². The zero-order valence-corrected chi connectivity index (χ0v) is 13.7. The van der Waals surface area contributed by atoms with Crippen molar-refractivity contribution in [2.24, 2.45) is 0 Å². The fraction of sp³-hybridized carbons (Fsp3) is 0. The van der Waals surface area contributed by atoms with Gasteiger partial charge in [-0.3, -0.25) is 4.21 Å². The third-order valence-electron chi connectivity index (χ3n) is 1.35. The van der Waals surface area contributed by atoms with Gasteiger partial charge in [0.05, 0.1) is 11.0 Å². The Labute approximate surface area is 138 Å². The number of carbonyl (C=O) groups excluding carboxylic acids is 1. The van der Waals surface area contributed by atoms with Gasteiger partial charge in [0.25, 0.3) is 0 Å². The summed E-state index contributed by atoms with van der Waals surface area (Å²) in [5.74, 6) is -1.40. The van der Waals surface area contributed by atoms with Crippen LogP contribution in [-0.4, -0.2) is 14.7 Å². The van der Waals surface area contributed by atoms with E-state index in [2.05, 4.69) is 0 Å². The second kappa shape index (κ2) is 8.22. The molecular weight excluding hydrogens is 262 g/mol. The Balaban J connectivity index is 0. The molecule has 4 nitrogen and oxygen atoms in total. The molecule has 0 amide bonds. The molecule has 0 radical (unpaired) electrons. The van der Waals surface area contributed by atoms with Crippen LogP contribution in [0.4, 0.5) is 0 Å². The van der Waals surface area contributed by atoms with Gasteiger partial charge >= 0.3 is 59.1 Å². The first-order chi connectivity index (χ1) is 6.02. The molecule has 0 heterocycles. The number of carboxylic acid groups (broad SMARTS) is 1. The van der Waals surface area contributed by atoms with Crippen LogP contribution in [0, 0.1) is 0 Å². The van der Waals surface area contributed by atoms with Gasteiger partial charge in [-0.1, -0.05) is 17.7 Å². The van der Waals surface area contributed by atoms with E-state index in [-0.39, 0.29) is 74.6 Å². The van der Waals surface area contributed by atoms with E-state index in [1.165, 1.54) is 0 Å². The van der Waals surface area contributed by atoms with Crippen LogP contribution in [0.3, 0.4) is 0 Å². The Morgan fingerprint density at radius 1 is 1.33 bits per heavy atom. The van der Waals surface area contributed by atoms with Crippen LogP contribution in [0.25, 0.3) is 0 Å². The fourth-order valence-electron chi connectivity index (χ4n) is 0.763. The summed E-state index contributed by atoms with van der Waals surface area (Å²) < 4.78 is 20.9. The summed E-state index contributed by atoms with van der Waals surface area (Å²) in [6.07, 6.45) is 0. The van der Waals surface area contributed by atoms with Crippen molar-refractivity contribution in [3.8, 4) is 0 Å². The average molecular weight is 265 g/mol. The summed E-state index contributed by atoms with van der Waals surface area (Å²) >= 11 is 3.03. The quantitative estimate of drug-likeness (QED) is 0.393. The van der Waals surface area contributed by atoms with Crippen molar-refractivity contribution in [3.63, 3.8) is 0 Å². The van der Waals surface area contributed by atoms with E-state index in [4.69, 9.17) is 11.6 Å². The molecule has 0 aliphatic carbocycles. The molecule has 1 aromatic carbocycles. The summed E-state index contributed by atoms with van der Waals surface area (Å²) in [4.78, 5) is 10.2. The van der Waals surface area contributed by atoms with E-state index < -0.39 is 17.0 Å². The molecule has 0 fully saturated rings. The second-order valence-electron chi connectivity index (χ2n) is 2.17. The number of hydrogen-bond acceptors (Lipinski definition) is 4. The molecule has 1 atom stereocenters. The molecular formula is C7H3ClNa2O4S. The standard InChI is InChI=1S/C7H5ClO4S.2Na/c8-5-3-4(7(9)10)1-2-6(5)13(11)12;;/h1-3H,(H,9,10)(H,11,12);;/q;2*+1/p-2. The van der Waals surface area contributed by atoms with E-state index in [0.29, 0.717) is 0 Å². The van der Waals surface area contributed by atoms with Gasteiger partial charge in [-0.15, -0.1) is 0 Å². The van der Waals surface area contributed by atoms with Crippen LogP contribution in [0.2, 0.25) is 5.02 Å². The van der Waals surface area contributed by atoms with Gasteiger partial charge in [-0.25, -0.2) is 0 Å². The smallest absolute Gasteiger partial charge is 0.768 e. The third kappa shape index (κ3) is 5.30. The molecule has 8 heteroatoms. The van der Waals surface area contributed by atoms with Crippen LogP contribution >= 0.6 is 11.6 Å². The molecule has 0 aliphatic heterocycles. The van der Waals surface area contributed by atoms with Gasteiger partial charge in [0, 0.05) is 4.90 Å². The molecule has 1 unspecified atom stereocenters. The second-order valence-corrected chi connectivity index (χ2v) is 3.48. The van der Waals surface area contributed by atoms with Crippen molar-refractivity contribution in [1.82, 2.24) is 0 Å². The number of halogens is 1. The summed E-state index contributed by atoms with van der Waals surface area (Å²) in [6.45, 7) is 0. The van der Waals surface area contributed by atoms with Crippen LogP contribution in [0.1, 0.15) is 10.4 Å². The Kier molecular flexibility index (Phi) is 10.1. The number of carboxylic acids is 1. The molecule has 1 rings (SSSR count). The first kappa shape index (κ1) is 18.5. The van der Waals surface area contributed by atoms with Gasteiger partial charge in [0.2, 0.25) is 0 Å². The van der Waals surface area contributed by atoms with E-state index in [1.54, 1.807) is 0 Å². The molecule has 0 N–H and O–H groups in total. The molecule has 70 valence electrons. The van der Waals surface area contributed by atoms with E-state index >= 15 is 0 Å². The Bertz CT molecular complexity index is 385. The molecule has 15 heavy (non-hydrogen) atoms. The van der Waals surface area contributed by atoms with Gasteiger partial charge in [0.15, 0.2) is 0 Å². The van der Waals surface area contributed by atoms with Crippen molar-refractivity contribution >= 4 is 28.7 Å². The number of hydrogen-bond donors (Lipinski definition) is 0. The van der Waals surface area contributed by atoms with Crippen molar-refractivity contribution < 1.29 is 77.8 Å². The monoisotopic (exact) mass is 264 g/mol. The zero-order valence-electron chi connectivity index (χ0n) is 8.15. The van der Waals surface area contributed by atoms with Crippen LogP contribution in [0.15, 0.2) is 23.1 Å². The topological polar surface area (TPSA) is 80.3 Å². The Morgan fingerprint density at radius 3 is 2.20 bits per heavy atom. The number of rotatable bonds is 2. The van der Waals surface area contributed by atoms with Crippen LogP contribution in [0.5, 0.6) is 0 Å². The summed E-state index contributed by atoms with van der Waals surface area (Å²) in [7, 11) is 0. The predicted octanol–water partition coefficient (Wildman–Crippen LogP) is -6.05. The predicted molar refractivity (Wildman–Crippen MR) is 43.0 cm³/mol. The van der Waals surface area contributed by atoms with E-state index in [0.717, 1.165) is 18.2 Å². The normalized spacial score (nSPS) is 10.8.